The number of hydrogen-bond donors (Lipinski definition) is 1. The second kappa shape index (κ2) is 9.81. The van der Waals surface area contributed by atoms with Gasteiger partial charge in [0.2, 0.25) is 0 Å². The van der Waals surface area contributed by atoms with Gasteiger partial charge >= 0.3 is 0 Å². The monoisotopic (exact) mass is 419 g/mol. The van der Waals surface area contributed by atoms with Crippen molar-refractivity contribution in [1.29, 1.82) is 0 Å². The summed E-state index contributed by atoms with van der Waals surface area (Å²) in [5.41, 5.74) is 1.80. The third kappa shape index (κ3) is 5.54. The summed E-state index contributed by atoms with van der Waals surface area (Å²) in [5, 5.41) is 3.05. The van der Waals surface area contributed by atoms with Gasteiger partial charge in [-0.1, -0.05) is 48.5 Å². The molecule has 5 nitrogen and oxygen atoms in total. The van der Waals surface area contributed by atoms with Crippen LogP contribution < -0.4 is 5.32 Å². The number of benzene rings is 2. The minimum atomic E-state index is -1.04. The molecule has 2 aromatic carbocycles. The summed E-state index contributed by atoms with van der Waals surface area (Å²) >= 11 is 0. The van der Waals surface area contributed by atoms with Crippen molar-refractivity contribution < 1.29 is 13.9 Å². The molecule has 0 unspecified atom stereocenters. The zero-order chi connectivity index (χ0) is 21.5. The van der Waals surface area contributed by atoms with E-state index in [4.69, 9.17) is 4.74 Å². The van der Waals surface area contributed by atoms with Crippen molar-refractivity contribution in [2.24, 2.45) is 0 Å². The number of ether oxygens (including phenoxy) is 1. The molecule has 0 spiro atoms. The quantitative estimate of drug-likeness (QED) is 0.638. The highest BCUT2D eigenvalue weighted by Crippen LogP contribution is 2.25. The molecule has 4 rings (SSSR count). The molecule has 0 saturated carbocycles. The standard InChI is InChI=1S/C25H26FN3O2/c26-22-11-9-21(10-12-22)18-29-14-15-31-25(19-29,16-23-8-4-5-13-27-23)24(30)28-17-20-6-2-1-3-7-20/h1-13H,14-19H2,(H,28,30)/t25-/m1/s1. The molecule has 1 amide bonds. The molecule has 0 bridgehead atoms. The van der Waals surface area contributed by atoms with Crippen LogP contribution in [-0.2, 0) is 29.0 Å². The van der Waals surface area contributed by atoms with E-state index >= 15 is 0 Å². The Morgan fingerprint density at radius 2 is 1.81 bits per heavy atom. The van der Waals surface area contributed by atoms with E-state index in [0.717, 1.165) is 16.8 Å². The van der Waals surface area contributed by atoms with E-state index in [9.17, 15) is 9.18 Å². The second-order valence-electron chi connectivity index (χ2n) is 7.85. The predicted molar refractivity (Wildman–Crippen MR) is 117 cm³/mol. The van der Waals surface area contributed by atoms with Crippen molar-refractivity contribution >= 4 is 5.91 Å². The third-order valence-corrected chi connectivity index (χ3v) is 5.49. The summed E-state index contributed by atoms with van der Waals surface area (Å²) in [7, 11) is 0. The van der Waals surface area contributed by atoms with Crippen molar-refractivity contribution in [1.82, 2.24) is 15.2 Å². The van der Waals surface area contributed by atoms with E-state index in [2.05, 4.69) is 15.2 Å². The van der Waals surface area contributed by atoms with Crippen LogP contribution in [-0.4, -0.2) is 41.1 Å². The van der Waals surface area contributed by atoms with E-state index in [0.29, 0.717) is 39.2 Å². The molecule has 6 heteroatoms. The van der Waals surface area contributed by atoms with Crippen LogP contribution in [0.15, 0.2) is 79.0 Å². The lowest BCUT2D eigenvalue weighted by Gasteiger charge is -2.41. The number of rotatable bonds is 7. The molecule has 0 radical (unpaired) electrons. The number of nitrogens with one attached hydrogen (secondary N) is 1. The Hall–Kier alpha value is -3.09. The van der Waals surface area contributed by atoms with Crippen LogP contribution in [0, 0.1) is 5.82 Å². The highest BCUT2D eigenvalue weighted by molar-refractivity contribution is 5.86. The van der Waals surface area contributed by atoms with Crippen LogP contribution in [0.2, 0.25) is 0 Å². The van der Waals surface area contributed by atoms with Gasteiger partial charge in [0.05, 0.1) is 6.61 Å². The van der Waals surface area contributed by atoms with Crippen molar-refractivity contribution in [3.63, 3.8) is 0 Å². The van der Waals surface area contributed by atoms with Crippen LogP contribution in [0.4, 0.5) is 4.39 Å². The zero-order valence-corrected chi connectivity index (χ0v) is 17.3. The second-order valence-corrected chi connectivity index (χ2v) is 7.85. The van der Waals surface area contributed by atoms with Crippen molar-refractivity contribution in [3.05, 3.63) is 102 Å². The molecule has 160 valence electrons. The first-order valence-electron chi connectivity index (χ1n) is 10.5. The Bertz CT molecular complexity index is 983. The number of carbonyl (C=O) groups is 1. The fraction of sp³-hybridized carbons (Fsp3) is 0.280. The average molecular weight is 420 g/mol. The molecular weight excluding hydrogens is 393 g/mol. The van der Waals surface area contributed by atoms with E-state index in [1.807, 2.05) is 48.5 Å². The first-order chi connectivity index (χ1) is 15.1. The summed E-state index contributed by atoms with van der Waals surface area (Å²) in [6.07, 6.45) is 2.11. The molecule has 1 fully saturated rings. The fourth-order valence-corrected chi connectivity index (χ4v) is 3.90. The summed E-state index contributed by atoms with van der Waals surface area (Å²) in [5.74, 6) is -0.402. The maximum Gasteiger partial charge on any atom is 0.254 e. The molecule has 3 aromatic rings. The summed E-state index contributed by atoms with van der Waals surface area (Å²) in [6, 6.07) is 22.0. The predicted octanol–water partition coefficient (Wildman–Crippen LogP) is 3.35. The van der Waals surface area contributed by atoms with Gasteiger partial charge in [0.15, 0.2) is 5.60 Å². The number of nitrogens with zero attached hydrogens (tertiary/aromatic N) is 2. The van der Waals surface area contributed by atoms with Gasteiger partial charge in [-0.25, -0.2) is 4.39 Å². The number of pyridine rings is 1. The Balaban J connectivity index is 1.52. The number of amides is 1. The smallest absolute Gasteiger partial charge is 0.254 e. The zero-order valence-electron chi connectivity index (χ0n) is 17.3. The van der Waals surface area contributed by atoms with Gasteiger partial charge in [-0.15, -0.1) is 0 Å². The largest absolute Gasteiger partial charge is 0.362 e. The molecule has 1 aromatic heterocycles. The molecule has 1 aliphatic rings. The normalized spacial score (nSPS) is 19.1. The first-order valence-corrected chi connectivity index (χ1v) is 10.5. The number of carbonyl (C=O) groups excluding carboxylic acids is 1. The lowest BCUT2D eigenvalue weighted by Crippen LogP contribution is -2.60. The van der Waals surface area contributed by atoms with Gasteiger partial charge in [-0.2, -0.15) is 0 Å². The third-order valence-electron chi connectivity index (χ3n) is 5.49. The Kier molecular flexibility index (Phi) is 6.70. The molecule has 1 aliphatic heterocycles. The lowest BCUT2D eigenvalue weighted by molar-refractivity contribution is -0.161. The van der Waals surface area contributed by atoms with E-state index < -0.39 is 5.60 Å². The number of hydrogen-bond acceptors (Lipinski definition) is 4. The molecular formula is C25H26FN3O2. The van der Waals surface area contributed by atoms with Gasteiger partial charge < -0.3 is 10.1 Å². The minimum absolute atomic E-state index is 0.147. The molecule has 1 N–H and O–H groups in total. The Morgan fingerprint density at radius 3 is 2.55 bits per heavy atom. The Labute approximate surface area is 181 Å². The topological polar surface area (TPSA) is 54.5 Å². The van der Waals surface area contributed by atoms with Crippen LogP contribution in [0.25, 0.3) is 0 Å². The maximum atomic E-state index is 13.4. The molecule has 1 atom stereocenters. The summed E-state index contributed by atoms with van der Waals surface area (Å²) in [4.78, 5) is 20.0. The fourth-order valence-electron chi connectivity index (χ4n) is 3.90. The summed E-state index contributed by atoms with van der Waals surface area (Å²) in [6.45, 7) is 2.63. The molecule has 1 saturated heterocycles. The number of aromatic nitrogens is 1. The van der Waals surface area contributed by atoms with Crippen LogP contribution in [0.1, 0.15) is 16.8 Å². The van der Waals surface area contributed by atoms with Crippen molar-refractivity contribution in [3.8, 4) is 0 Å². The van der Waals surface area contributed by atoms with E-state index in [1.54, 1.807) is 18.3 Å². The van der Waals surface area contributed by atoms with Crippen molar-refractivity contribution in [2.45, 2.75) is 25.1 Å². The highest BCUT2D eigenvalue weighted by atomic mass is 19.1. The minimum Gasteiger partial charge on any atom is -0.362 e. The van der Waals surface area contributed by atoms with Gasteiger partial charge in [-0.3, -0.25) is 14.7 Å². The summed E-state index contributed by atoms with van der Waals surface area (Å²) < 4.78 is 19.4. The Morgan fingerprint density at radius 1 is 1.03 bits per heavy atom. The van der Waals surface area contributed by atoms with Gasteiger partial charge in [0.1, 0.15) is 5.82 Å². The first kappa shape index (κ1) is 21.2. The van der Waals surface area contributed by atoms with Gasteiger partial charge in [-0.05, 0) is 35.4 Å². The molecule has 0 aliphatic carbocycles. The van der Waals surface area contributed by atoms with Crippen LogP contribution in [0.5, 0.6) is 0 Å². The number of morpholine rings is 1. The molecule has 2 heterocycles. The SMILES string of the molecule is O=C(NCc1ccccc1)[C@@]1(Cc2ccccn2)CN(Cc2ccc(F)cc2)CCO1. The maximum absolute atomic E-state index is 13.4. The molecule has 31 heavy (non-hydrogen) atoms. The van der Waals surface area contributed by atoms with E-state index in [1.165, 1.54) is 12.1 Å². The van der Waals surface area contributed by atoms with Gasteiger partial charge in [0.25, 0.3) is 5.91 Å². The highest BCUT2D eigenvalue weighted by Gasteiger charge is 2.44. The number of halogens is 1. The van der Waals surface area contributed by atoms with Crippen molar-refractivity contribution in [2.75, 3.05) is 19.7 Å². The van der Waals surface area contributed by atoms with E-state index in [-0.39, 0.29) is 11.7 Å². The van der Waals surface area contributed by atoms with Crippen LogP contribution >= 0.6 is 0 Å². The van der Waals surface area contributed by atoms with Crippen LogP contribution in [0.3, 0.4) is 0 Å². The van der Waals surface area contributed by atoms with Gasteiger partial charge in [0, 0.05) is 44.5 Å². The lowest BCUT2D eigenvalue weighted by atomic mass is 9.93. The average Bonchev–Trinajstić information content (AvgIpc) is 2.80.